The summed E-state index contributed by atoms with van der Waals surface area (Å²) in [6.07, 6.45) is 6.06. The minimum Gasteiger partial charge on any atom is -0.490 e. The van der Waals surface area contributed by atoms with Gasteiger partial charge in [-0.15, -0.1) is 0 Å². The van der Waals surface area contributed by atoms with Crippen LogP contribution >= 0.6 is 11.6 Å². The molecule has 0 saturated heterocycles. The number of carbonyl (C=O) groups excluding carboxylic acids is 1. The summed E-state index contributed by atoms with van der Waals surface area (Å²) in [5.74, 6) is 1.32. The summed E-state index contributed by atoms with van der Waals surface area (Å²) in [4.78, 5) is 16.9. The average Bonchev–Trinajstić information content (AvgIpc) is 2.75. The fraction of sp³-hybridized carbons (Fsp3) is 0.333. The second-order valence-electron chi connectivity index (χ2n) is 7.75. The number of aromatic nitrogens is 1. The van der Waals surface area contributed by atoms with E-state index >= 15 is 0 Å². The van der Waals surface area contributed by atoms with Crippen molar-refractivity contribution in [3.63, 3.8) is 0 Å². The number of nitrogens with one attached hydrogen (secondary N) is 1. The fourth-order valence-electron chi connectivity index (χ4n) is 4.07. The van der Waals surface area contributed by atoms with Crippen molar-refractivity contribution in [1.82, 2.24) is 10.3 Å². The molecule has 2 aromatic carbocycles. The largest absolute Gasteiger partial charge is 0.490 e. The van der Waals surface area contributed by atoms with Crippen molar-refractivity contribution >= 4 is 28.4 Å². The molecule has 0 spiro atoms. The molecule has 4 nitrogen and oxygen atoms in total. The third-order valence-electron chi connectivity index (χ3n) is 5.79. The molecule has 4 rings (SSSR count). The van der Waals surface area contributed by atoms with Crippen LogP contribution < -0.4 is 10.1 Å². The zero-order chi connectivity index (χ0) is 20.2. The van der Waals surface area contributed by atoms with Gasteiger partial charge in [-0.05, 0) is 81.0 Å². The number of carbonyl (C=O) groups is 1. The smallest absolute Gasteiger partial charge is 0.251 e. The van der Waals surface area contributed by atoms with E-state index in [1.54, 1.807) is 30.5 Å². The van der Waals surface area contributed by atoms with Crippen LogP contribution in [0.3, 0.4) is 0 Å². The molecule has 5 heteroatoms. The summed E-state index contributed by atoms with van der Waals surface area (Å²) < 4.78 is 6.32. The number of hydrogen-bond donors (Lipinski definition) is 1. The van der Waals surface area contributed by atoms with Crippen LogP contribution in [-0.2, 0) is 0 Å². The quantitative estimate of drug-likeness (QED) is 0.594. The lowest BCUT2D eigenvalue weighted by molar-refractivity contribution is 0.0887. The highest BCUT2D eigenvalue weighted by Crippen LogP contribution is 2.32. The molecule has 0 bridgehead atoms. The Morgan fingerprint density at radius 3 is 2.55 bits per heavy atom. The predicted molar refractivity (Wildman–Crippen MR) is 116 cm³/mol. The lowest BCUT2D eigenvalue weighted by Gasteiger charge is -2.33. The molecule has 150 valence electrons. The molecule has 29 heavy (non-hydrogen) atoms. The van der Waals surface area contributed by atoms with E-state index in [4.69, 9.17) is 16.3 Å². The monoisotopic (exact) mass is 408 g/mol. The van der Waals surface area contributed by atoms with Crippen molar-refractivity contribution in [3.05, 3.63) is 71.4 Å². The molecule has 1 atom stereocenters. The highest BCUT2D eigenvalue weighted by molar-refractivity contribution is 6.30. The number of para-hydroxylation sites is 1. The minimum atomic E-state index is -0.0456. The first-order valence-electron chi connectivity index (χ1n) is 10.2. The van der Waals surface area contributed by atoms with Crippen LogP contribution in [0, 0.1) is 5.92 Å². The topological polar surface area (TPSA) is 51.2 Å². The number of pyridine rings is 1. The van der Waals surface area contributed by atoms with E-state index in [0.29, 0.717) is 16.5 Å². The summed E-state index contributed by atoms with van der Waals surface area (Å²) in [7, 11) is 0. The van der Waals surface area contributed by atoms with Gasteiger partial charge in [0.05, 0.1) is 11.6 Å². The molecule has 3 aromatic rings. The fourth-order valence-corrected chi connectivity index (χ4v) is 4.19. The Labute approximate surface area is 176 Å². The van der Waals surface area contributed by atoms with Crippen molar-refractivity contribution in [2.75, 3.05) is 0 Å². The molecular formula is C24H25ClN2O2. The molecule has 1 unspecified atom stereocenters. The zero-order valence-electron chi connectivity index (χ0n) is 16.5. The van der Waals surface area contributed by atoms with Gasteiger partial charge in [0, 0.05) is 28.2 Å². The summed E-state index contributed by atoms with van der Waals surface area (Å²) in [5.41, 5.74) is 1.60. The predicted octanol–water partition coefficient (Wildman–Crippen LogP) is 5.64. The number of benzene rings is 2. The van der Waals surface area contributed by atoms with Gasteiger partial charge < -0.3 is 10.1 Å². The average molecular weight is 409 g/mol. The van der Waals surface area contributed by atoms with E-state index in [-0.39, 0.29) is 18.1 Å². The lowest BCUT2D eigenvalue weighted by Crippen LogP contribution is -2.40. The minimum absolute atomic E-state index is 0.0456. The van der Waals surface area contributed by atoms with Gasteiger partial charge in [0.2, 0.25) is 0 Å². The standard InChI is InChI=1S/C24H25ClN2O2/c1-16(27-24(28)18-6-10-19(25)11-7-18)17-8-12-20(13-9-17)29-23-14-15-26-22-5-3-2-4-21(22)23/h2-7,10-11,14-17,20H,8-9,12-13H2,1H3,(H,27,28)/t16?,17-,20+. The van der Waals surface area contributed by atoms with Gasteiger partial charge in [0.15, 0.2) is 0 Å². The van der Waals surface area contributed by atoms with Crippen molar-refractivity contribution in [2.24, 2.45) is 5.92 Å². The zero-order valence-corrected chi connectivity index (χ0v) is 17.2. The number of ether oxygens (including phenoxy) is 1. The lowest BCUT2D eigenvalue weighted by atomic mass is 9.83. The Hall–Kier alpha value is -2.59. The van der Waals surface area contributed by atoms with E-state index in [9.17, 15) is 4.79 Å². The van der Waals surface area contributed by atoms with Gasteiger partial charge in [-0.25, -0.2) is 0 Å². The van der Waals surface area contributed by atoms with Crippen LogP contribution in [0.5, 0.6) is 5.75 Å². The van der Waals surface area contributed by atoms with Crippen LogP contribution in [-0.4, -0.2) is 23.0 Å². The van der Waals surface area contributed by atoms with Crippen molar-refractivity contribution in [1.29, 1.82) is 0 Å². The number of rotatable bonds is 5. The van der Waals surface area contributed by atoms with Crippen LogP contribution in [0.4, 0.5) is 0 Å². The SMILES string of the molecule is CC(NC(=O)c1ccc(Cl)cc1)[C@H]1CC[C@@H](Oc2ccnc3ccccc23)CC1. The first-order chi connectivity index (χ1) is 14.1. The Bertz CT molecular complexity index is 976. The number of halogens is 1. The van der Waals surface area contributed by atoms with Gasteiger partial charge >= 0.3 is 0 Å². The molecular weight excluding hydrogens is 384 g/mol. The summed E-state index contributed by atoms with van der Waals surface area (Å²) in [5, 5.41) is 4.83. The Kier molecular flexibility index (Phi) is 6.00. The Morgan fingerprint density at radius 1 is 1.07 bits per heavy atom. The first kappa shape index (κ1) is 19.7. The Balaban J connectivity index is 1.32. The second-order valence-corrected chi connectivity index (χ2v) is 8.19. The summed E-state index contributed by atoms with van der Waals surface area (Å²) in [6.45, 7) is 2.09. The number of nitrogens with zero attached hydrogens (tertiary/aromatic N) is 1. The van der Waals surface area contributed by atoms with Crippen LogP contribution in [0.25, 0.3) is 10.9 Å². The van der Waals surface area contributed by atoms with Gasteiger partial charge in [0.25, 0.3) is 5.91 Å². The van der Waals surface area contributed by atoms with Gasteiger partial charge in [0.1, 0.15) is 5.75 Å². The van der Waals surface area contributed by atoms with Crippen LogP contribution in [0.15, 0.2) is 60.8 Å². The molecule has 1 heterocycles. The molecule has 1 saturated carbocycles. The van der Waals surface area contributed by atoms with E-state index in [2.05, 4.69) is 23.3 Å². The maximum atomic E-state index is 12.5. The molecule has 1 aliphatic rings. The molecule has 1 fully saturated rings. The molecule has 1 amide bonds. The molecule has 0 radical (unpaired) electrons. The van der Waals surface area contributed by atoms with Gasteiger partial charge in [-0.3, -0.25) is 9.78 Å². The van der Waals surface area contributed by atoms with Crippen molar-refractivity contribution in [3.8, 4) is 5.75 Å². The second kappa shape index (κ2) is 8.83. The molecule has 1 aromatic heterocycles. The number of fused-ring (bicyclic) bond motifs is 1. The van der Waals surface area contributed by atoms with Gasteiger partial charge in [-0.1, -0.05) is 23.7 Å². The highest BCUT2D eigenvalue weighted by Gasteiger charge is 2.27. The van der Waals surface area contributed by atoms with E-state index in [1.165, 1.54) is 0 Å². The molecule has 0 aliphatic heterocycles. The number of amides is 1. The molecule has 1 N–H and O–H groups in total. The van der Waals surface area contributed by atoms with Crippen LogP contribution in [0.1, 0.15) is 43.0 Å². The van der Waals surface area contributed by atoms with E-state index < -0.39 is 0 Å². The number of hydrogen-bond acceptors (Lipinski definition) is 3. The maximum absolute atomic E-state index is 12.5. The van der Waals surface area contributed by atoms with Crippen LogP contribution in [0.2, 0.25) is 5.02 Å². The summed E-state index contributed by atoms with van der Waals surface area (Å²) in [6, 6.07) is 17.1. The third-order valence-corrected chi connectivity index (χ3v) is 6.05. The van der Waals surface area contributed by atoms with Crippen molar-refractivity contribution in [2.45, 2.75) is 44.8 Å². The third kappa shape index (κ3) is 4.70. The van der Waals surface area contributed by atoms with Gasteiger partial charge in [-0.2, -0.15) is 0 Å². The van der Waals surface area contributed by atoms with E-state index in [1.807, 2.05) is 24.3 Å². The van der Waals surface area contributed by atoms with E-state index in [0.717, 1.165) is 42.3 Å². The normalized spacial score (nSPS) is 20.2. The first-order valence-corrected chi connectivity index (χ1v) is 10.5. The summed E-state index contributed by atoms with van der Waals surface area (Å²) >= 11 is 5.90. The highest BCUT2D eigenvalue weighted by atomic mass is 35.5. The Morgan fingerprint density at radius 2 is 1.79 bits per heavy atom. The maximum Gasteiger partial charge on any atom is 0.251 e. The molecule has 1 aliphatic carbocycles. The van der Waals surface area contributed by atoms with Crippen molar-refractivity contribution < 1.29 is 9.53 Å².